The molecule has 1 unspecified atom stereocenters. The van der Waals surface area contributed by atoms with E-state index in [9.17, 15) is 14.4 Å². The molecule has 134 valence electrons. The number of carbonyl (C=O) groups excluding carboxylic acids is 3. The minimum absolute atomic E-state index is 0.0753. The number of esters is 1. The number of hydrogen-bond acceptors (Lipinski definition) is 4. The molecule has 0 aromatic heterocycles. The van der Waals surface area contributed by atoms with Crippen molar-refractivity contribution < 1.29 is 19.1 Å². The average molecular weight is 344 g/mol. The van der Waals surface area contributed by atoms with Gasteiger partial charge in [0.2, 0.25) is 5.91 Å². The van der Waals surface area contributed by atoms with Gasteiger partial charge in [-0.2, -0.15) is 0 Å². The van der Waals surface area contributed by atoms with Crippen molar-refractivity contribution >= 4 is 23.5 Å². The van der Waals surface area contributed by atoms with E-state index in [1.54, 1.807) is 9.80 Å². The number of nitrogens with zero attached hydrogens (tertiary/aromatic N) is 2. The predicted octanol–water partition coefficient (Wildman–Crippen LogP) is 1.77. The average Bonchev–Trinajstić information content (AvgIpc) is 3.29. The Bertz CT molecular complexity index is 667. The molecule has 2 aliphatic heterocycles. The minimum Gasteiger partial charge on any atom is -0.455 e. The van der Waals surface area contributed by atoms with Crippen LogP contribution in [0.5, 0.6) is 0 Å². The van der Waals surface area contributed by atoms with Gasteiger partial charge in [-0.25, -0.2) is 0 Å². The first-order valence-electron chi connectivity index (χ1n) is 8.92. The summed E-state index contributed by atoms with van der Waals surface area (Å²) in [4.78, 5) is 40.0. The van der Waals surface area contributed by atoms with E-state index in [2.05, 4.69) is 0 Å². The molecule has 0 N–H and O–H groups in total. The second-order valence-corrected chi connectivity index (χ2v) is 6.58. The zero-order chi connectivity index (χ0) is 17.8. The Kier molecular flexibility index (Phi) is 5.36. The van der Waals surface area contributed by atoms with Crippen molar-refractivity contribution in [2.75, 3.05) is 31.1 Å². The lowest BCUT2D eigenvalue weighted by atomic mass is 10.1. The fraction of sp³-hybridized carbons (Fsp3) is 0.526. The second kappa shape index (κ2) is 7.68. The van der Waals surface area contributed by atoms with Gasteiger partial charge in [0.25, 0.3) is 5.91 Å². The third kappa shape index (κ3) is 3.83. The molecule has 2 fully saturated rings. The van der Waals surface area contributed by atoms with Crippen LogP contribution in [0.1, 0.15) is 31.7 Å². The van der Waals surface area contributed by atoms with E-state index >= 15 is 0 Å². The summed E-state index contributed by atoms with van der Waals surface area (Å²) >= 11 is 0. The first kappa shape index (κ1) is 17.5. The molecule has 2 amide bonds. The number of para-hydroxylation sites is 1. The monoisotopic (exact) mass is 344 g/mol. The van der Waals surface area contributed by atoms with Crippen molar-refractivity contribution in [2.45, 2.75) is 32.6 Å². The SMILES string of the molecule is CCc1ccccc1N1CC(C(=O)OCC(=O)N2CCCC2)CC1=O. The van der Waals surface area contributed by atoms with Gasteiger partial charge >= 0.3 is 5.97 Å². The van der Waals surface area contributed by atoms with Crippen LogP contribution in [0.15, 0.2) is 24.3 Å². The standard InChI is InChI=1S/C19H24N2O4/c1-2-14-7-3-4-8-16(14)21-12-15(11-17(21)22)19(24)25-13-18(23)20-9-5-6-10-20/h3-4,7-8,15H,2,5-6,9-13H2,1H3. The number of aryl methyl sites for hydroxylation is 1. The highest BCUT2D eigenvalue weighted by Gasteiger charge is 2.37. The third-order valence-corrected chi connectivity index (χ3v) is 4.92. The fourth-order valence-corrected chi connectivity index (χ4v) is 3.48. The van der Waals surface area contributed by atoms with Crippen LogP contribution < -0.4 is 4.90 Å². The molecule has 2 aliphatic rings. The lowest BCUT2D eigenvalue weighted by Gasteiger charge is -2.20. The van der Waals surface area contributed by atoms with Gasteiger partial charge in [0.05, 0.1) is 5.92 Å². The molecule has 0 spiro atoms. The number of hydrogen-bond donors (Lipinski definition) is 0. The molecular weight excluding hydrogens is 320 g/mol. The molecule has 1 atom stereocenters. The Morgan fingerprint density at radius 3 is 2.64 bits per heavy atom. The largest absolute Gasteiger partial charge is 0.455 e. The van der Waals surface area contributed by atoms with Gasteiger partial charge in [0.15, 0.2) is 6.61 Å². The number of amides is 2. The number of rotatable bonds is 5. The zero-order valence-corrected chi connectivity index (χ0v) is 14.6. The number of carbonyl (C=O) groups is 3. The summed E-state index contributed by atoms with van der Waals surface area (Å²) < 4.78 is 5.18. The molecule has 1 aromatic carbocycles. The number of likely N-dealkylation sites (tertiary alicyclic amines) is 1. The normalized spacial score (nSPS) is 20.2. The topological polar surface area (TPSA) is 66.9 Å². The quantitative estimate of drug-likeness (QED) is 0.764. The maximum absolute atomic E-state index is 12.3. The van der Waals surface area contributed by atoms with E-state index < -0.39 is 11.9 Å². The Balaban J connectivity index is 1.58. The Morgan fingerprint density at radius 1 is 1.20 bits per heavy atom. The summed E-state index contributed by atoms with van der Waals surface area (Å²) in [7, 11) is 0. The van der Waals surface area contributed by atoms with Crippen molar-refractivity contribution in [1.29, 1.82) is 0 Å². The van der Waals surface area contributed by atoms with Gasteiger partial charge in [-0.3, -0.25) is 14.4 Å². The first-order chi connectivity index (χ1) is 12.1. The summed E-state index contributed by atoms with van der Waals surface area (Å²) in [6.45, 7) is 3.59. The smallest absolute Gasteiger partial charge is 0.311 e. The number of benzene rings is 1. The fourth-order valence-electron chi connectivity index (χ4n) is 3.48. The molecule has 25 heavy (non-hydrogen) atoms. The van der Waals surface area contributed by atoms with Crippen LogP contribution in [0.25, 0.3) is 0 Å². The van der Waals surface area contributed by atoms with Gasteiger partial charge in [-0.1, -0.05) is 25.1 Å². The molecule has 0 aliphatic carbocycles. The van der Waals surface area contributed by atoms with Gasteiger partial charge in [0.1, 0.15) is 0 Å². The van der Waals surface area contributed by atoms with E-state index in [1.165, 1.54) is 0 Å². The van der Waals surface area contributed by atoms with Crippen LogP contribution in [0, 0.1) is 5.92 Å². The molecular formula is C19H24N2O4. The molecule has 3 rings (SSSR count). The predicted molar refractivity (Wildman–Crippen MR) is 93.1 cm³/mol. The highest BCUT2D eigenvalue weighted by atomic mass is 16.5. The van der Waals surface area contributed by atoms with Crippen LogP contribution in [-0.2, 0) is 25.5 Å². The van der Waals surface area contributed by atoms with Gasteiger partial charge in [0, 0.05) is 31.7 Å². The van der Waals surface area contributed by atoms with Gasteiger partial charge in [-0.15, -0.1) is 0 Å². The molecule has 2 heterocycles. The molecule has 6 heteroatoms. The summed E-state index contributed by atoms with van der Waals surface area (Å²) in [5.41, 5.74) is 1.94. The molecule has 1 aromatic rings. The van der Waals surface area contributed by atoms with Crippen molar-refractivity contribution in [3.63, 3.8) is 0 Å². The van der Waals surface area contributed by atoms with Crippen LogP contribution in [0.3, 0.4) is 0 Å². The Labute approximate surface area is 147 Å². The van der Waals surface area contributed by atoms with E-state index in [-0.39, 0.29) is 24.8 Å². The van der Waals surface area contributed by atoms with Gasteiger partial charge in [-0.05, 0) is 30.9 Å². The third-order valence-electron chi connectivity index (χ3n) is 4.92. The number of ether oxygens (including phenoxy) is 1. The summed E-state index contributed by atoms with van der Waals surface area (Å²) in [5, 5.41) is 0. The van der Waals surface area contributed by atoms with Gasteiger partial charge < -0.3 is 14.5 Å². The van der Waals surface area contributed by atoms with E-state index in [0.717, 1.165) is 43.6 Å². The van der Waals surface area contributed by atoms with E-state index in [4.69, 9.17) is 4.74 Å². The van der Waals surface area contributed by atoms with Crippen LogP contribution in [0.4, 0.5) is 5.69 Å². The Hall–Kier alpha value is -2.37. The molecule has 0 radical (unpaired) electrons. The van der Waals surface area contributed by atoms with Crippen LogP contribution in [0.2, 0.25) is 0 Å². The second-order valence-electron chi connectivity index (χ2n) is 6.58. The molecule has 6 nitrogen and oxygen atoms in total. The molecule has 0 bridgehead atoms. The highest BCUT2D eigenvalue weighted by molar-refractivity contribution is 6.00. The van der Waals surface area contributed by atoms with Crippen molar-refractivity contribution in [3.8, 4) is 0 Å². The van der Waals surface area contributed by atoms with E-state index in [0.29, 0.717) is 6.54 Å². The lowest BCUT2D eigenvalue weighted by Crippen LogP contribution is -2.33. The Morgan fingerprint density at radius 2 is 1.92 bits per heavy atom. The van der Waals surface area contributed by atoms with Crippen molar-refractivity contribution in [3.05, 3.63) is 29.8 Å². The summed E-state index contributed by atoms with van der Waals surface area (Å²) in [6, 6.07) is 7.73. The van der Waals surface area contributed by atoms with Crippen LogP contribution in [-0.4, -0.2) is 48.9 Å². The van der Waals surface area contributed by atoms with Crippen molar-refractivity contribution in [2.24, 2.45) is 5.92 Å². The number of anilines is 1. The molecule has 0 saturated carbocycles. The maximum Gasteiger partial charge on any atom is 0.311 e. The maximum atomic E-state index is 12.3. The minimum atomic E-state index is -0.510. The highest BCUT2D eigenvalue weighted by Crippen LogP contribution is 2.29. The van der Waals surface area contributed by atoms with E-state index in [1.807, 2.05) is 31.2 Å². The van der Waals surface area contributed by atoms with Crippen LogP contribution >= 0.6 is 0 Å². The summed E-state index contributed by atoms with van der Waals surface area (Å²) in [5.74, 6) is -1.20. The first-order valence-corrected chi connectivity index (χ1v) is 8.92. The lowest BCUT2D eigenvalue weighted by molar-refractivity contribution is -0.154. The summed E-state index contributed by atoms with van der Waals surface area (Å²) in [6.07, 6.45) is 2.96. The zero-order valence-electron chi connectivity index (χ0n) is 14.6. The van der Waals surface area contributed by atoms with Crippen molar-refractivity contribution in [1.82, 2.24) is 4.90 Å². The molecule has 2 saturated heterocycles.